The van der Waals surface area contributed by atoms with Crippen molar-refractivity contribution in [3.63, 3.8) is 0 Å². The first-order valence-electron chi connectivity index (χ1n) is 13.7. The van der Waals surface area contributed by atoms with Gasteiger partial charge in [0.15, 0.2) is 16.3 Å². The van der Waals surface area contributed by atoms with Crippen molar-refractivity contribution < 1.29 is 14.3 Å². The number of carbonyl (C=O) groups is 1. The van der Waals surface area contributed by atoms with Gasteiger partial charge in [0.1, 0.15) is 0 Å². The summed E-state index contributed by atoms with van der Waals surface area (Å²) in [5.74, 6) is 0.965. The number of ether oxygens (including phenoxy) is 2. The van der Waals surface area contributed by atoms with Gasteiger partial charge in [0.2, 0.25) is 0 Å². The molecule has 42 heavy (non-hydrogen) atoms. The third-order valence-electron chi connectivity index (χ3n) is 7.05. The number of halogens is 1. The molecule has 1 aromatic heterocycles. The second-order valence-electron chi connectivity index (χ2n) is 10.2. The number of amides is 1. The SMILES string of the molecule is CCOc1cc(/C=c2\sc3n(c2=O)[C@@H](c2ccc(C(C)C)cc2)C(C(=O)Nc2ccccc2)=C(C)N=3)cc(Cl)c1OC. The van der Waals surface area contributed by atoms with E-state index >= 15 is 0 Å². The van der Waals surface area contributed by atoms with Crippen LogP contribution >= 0.6 is 22.9 Å². The quantitative estimate of drug-likeness (QED) is 0.266. The Morgan fingerprint density at radius 2 is 1.86 bits per heavy atom. The monoisotopic (exact) mass is 601 g/mol. The molecule has 1 aliphatic rings. The van der Waals surface area contributed by atoms with E-state index in [9.17, 15) is 9.59 Å². The van der Waals surface area contributed by atoms with Crippen LogP contribution in [-0.2, 0) is 4.79 Å². The topological polar surface area (TPSA) is 81.9 Å². The van der Waals surface area contributed by atoms with E-state index in [2.05, 4.69) is 19.2 Å². The molecular weight excluding hydrogens is 570 g/mol. The van der Waals surface area contributed by atoms with Crippen LogP contribution in [0.2, 0.25) is 5.02 Å². The number of fused-ring (bicyclic) bond motifs is 1. The van der Waals surface area contributed by atoms with Crippen LogP contribution < -0.4 is 29.7 Å². The summed E-state index contributed by atoms with van der Waals surface area (Å²) < 4.78 is 13.2. The highest BCUT2D eigenvalue weighted by atomic mass is 35.5. The Kier molecular flexibility index (Phi) is 8.66. The molecule has 0 saturated carbocycles. The van der Waals surface area contributed by atoms with Gasteiger partial charge in [-0.05, 0) is 66.8 Å². The molecule has 0 spiro atoms. The summed E-state index contributed by atoms with van der Waals surface area (Å²) in [7, 11) is 1.53. The molecule has 9 heteroatoms. The Morgan fingerprint density at radius 3 is 2.50 bits per heavy atom. The second kappa shape index (κ2) is 12.4. The van der Waals surface area contributed by atoms with E-state index in [4.69, 9.17) is 26.1 Å². The Hall–Kier alpha value is -4.14. The molecule has 0 saturated heterocycles. The number of anilines is 1. The fraction of sp³-hybridized carbons (Fsp3) is 0.242. The highest BCUT2D eigenvalue weighted by Gasteiger charge is 2.32. The van der Waals surface area contributed by atoms with Gasteiger partial charge in [-0.25, -0.2) is 4.99 Å². The Bertz CT molecular complexity index is 1840. The average Bonchev–Trinajstić information content (AvgIpc) is 3.26. The number of nitrogens with zero attached hydrogens (tertiary/aromatic N) is 2. The van der Waals surface area contributed by atoms with E-state index in [1.54, 1.807) is 22.8 Å². The number of benzene rings is 3. The summed E-state index contributed by atoms with van der Waals surface area (Å²) in [5, 5.41) is 3.36. The predicted octanol–water partition coefficient (Wildman–Crippen LogP) is 6.06. The lowest BCUT2D eigenvalue weighted by atomic mass is 9.93. The van der Waals surface area contributed by atoms with Crippen LogP contribution in [0.5, 0.6) is 11.5 Å². The van der Waals surface area contributed by atoms with E-state index in [1.807, 2.05) is 68.4 Å². The predicted molar refractivity (Wildman–Crippen MR) is 169 cm³/mol. The molecule has 4 aromatic rings. The first-order valence-corrected chi connectivity index (χ1v) is 14.9. The fourth-order valence-electron chi connectivity index (χ4n) is 4.99. The van der Waals surface area contributed by atoms with Gasteiger partial charge in [-0.1, -0.05) is 79.2 Å². The molecule has 0 radical (unpaired) electrons. The molecule has 7 nitrogen and oxygen atoms in total. The molecular formula is C33H32ClN3O4S. The van der Waals surface area contributed by atoms with Crippen LogP contribution in [0.4, 0.5) is 5.69 Å². The van der Waals surface area contributed by atoms with Crippen molar-refractivity contribution >= 4 is 40.6 Å². The third kappa shape index (κ3) is 5.78. The number of nitrogens with one attached hydrogen (secondary N) is 1. The largest absolute Gasteiger partial charge is 0.491 e. The molecule has 2 heterocycles. The minimum absolute atomic E-state index is 0.251. The number of aromatic nitrogens is 1. The Morgan fingerprint density at radius 1 is 1.14 bits per heavy atom. The number of rotatable bonds is 8. The Balaban J connectivity index is 1.67. The van der Waals surface area contributed by atoms with E-state index in [0.29, 0.717) is 60.9 Å². The van der Waals surface area contributed by atoms with Crippen LogP contribution in [0, 0.1) is 0 Å². The summed E-state index contributed by atoms with van der Waals surface area (Å²) in [6, 6.07) is 20.2. The van der Waals surface area contributed by atoms with Crippen molar-refractivity contribution in [3.8, 4) is 11.5 Å². The smallest absolute Gasteiger partial charge is 0.271 e. The van der Waals surface area contributed by atoms with Crippen LogP contribution in [0.25, 0.3) is 6.08 Å². The molecule has 216 valence electrons. The average molecular weight is 602 g/mol. The highest BCUT2D eigenvalue weighted by molar-refractivity contribution is 7.07. The summed E-state index contributed by atoms with van der Waals surface area (Å²) in [4.78, 5) is 33.1. The molecule has 5 rings (SSSR count). The molecule has 3 aromatic carbocycles. The number of methoxy groups -OCH3 is 1. The summed E-state index contributed by atoms with van der Waals surface area (Å²) in [6.45, 7) is 8.37. The number of hydrogen-bond acceptors (Lipinski definition) is 6. The number of hydrogen-bond donors (Lipinski definition) is 1. The zero-order chi connectivity index (χ0) is 30.0. The first kappa shape index (κ1) is 29.4. The summed E-state index contributed by atoms with van der Waals surface area (Å²) >= 11 is 7.75. The van der Waals surface area contributed by atoms with Gasteiger partial charge < -0.3 is 14.8 Å². The van der Waals surface area contributed by atoms with Gasteiger partial charge in [0.05, 0.1) is 40.6 Å². The molecule has 1 aliphatic heterocycles. The van der Waals surface area contributed by atoms with Crippen LogP contribution in [-0.4, -0.2) is 24.2 Å². The lowest BCUT2D eigenvalue weighted by Crippen LogP contribution is -2.40. The molecule has 0 fully saturated rings. The first-order chi connectivity index (χ1) is 20.2. The van der Waals surface area contributed by atoms with Gasteiger partial charge in [-0.15, -0.1) is 0 Å². The van der Waals surface area contributed by atoms with Crippen molar-refractivity contribution in [3.05, 3.63) is 119 Å². The minimum atomic E-state index is -0.660. The van der Waals surface area contributed by atoms with Crippen molar-refractivity contribution in [2.45, 2.75) is 39.7 Å². The van der Waals surface area contributed by atoms with Crippen molar-refractivity contribution in [2.75, 3.05) is 19.0 Å². The second-order valence-corrected chi connectivity index (χ2v) is 11.6. The van der Waals surface area contributed by atoms with E-state index in [1.165, 1.54) is 24.0 Å². The molecule has 0 aliphatic carbocycles. The van der Waals surface area contributed by atoms with Crippen molar-refractivity contribution in [1.82, 2.24) is 4.57 Å². The zero-order valence-electron chi connectivity index (χ0n) is 24.1. The van der Waals surface area contributed by atoms with Gasteiger partial charge in [-0.3, -0.25) is 14.2 Å². The van der Waals surface area contributed by atoms with Gasteiger partial charge in [-0.2, -0.15) is 0 Å². The van der Waals surface area contributed by atoms with E-state index in [0.717, 1.165) is 5.56 Å². The summed E-state index contributed by atoms with van der Waals surface area (Å²) in [5.41, 5.74) is 4.07. The maximum Gasteiger partial charge on any atom is 0.271 e. The fourth-order valence-corrected chi connectivity index (χ4v) is 6.34. The van der Waals surface area contributed by atoms with Crippen LogP contribution in [0.3, 0.4) is 0 Å². The molecule has 0 bridgehead atoms. The Labute approximate surface area is 253 Å². The van der Waals surface area contributed by atoms with Gasteiger partial charge >= 0.3 is 0 Å². The number of carbonyl (C=O) groups excluding carboxylic acids is 1. The number of allylic oxidation sites excluding steroid dienone is 1. The van der Waals surface area contributed by atoms with Crippen molar-refractivity contribution in [1.29, 1.82) is 0 Å². The number of thiazole rings is 1. The normalized spacial score (nSPS) is 14.9. The maximum absolute atomic E-state index is 14.1. The van der Waals surface area contributed by atoms with Crippen molar-refractivity contribution in [2.24, 2.45) is 4.99 Å². The molecule has 0 unspecified atom stereocenters. The number of para-hydroxylation sites is 1. The van der Waals surface area contributed by atoms with Gasteiger partial charge in [0, 0.05) is 5.69 Å². The summed E-state index contributed by atoms with van der Waals surface area (Å²) in [6.07, 6.45) is 1.76. The highest BCUT2D eigenvalue weighted by Crippen LogP contribution is 2.37. The third-order valence-corrected chi connectivity index (χ3v) is 8.31. The van der Waals surface area contributed by atoms with Crippen LogP contribution in [0.15, 0.2) is 87.8 Å². The van der Waals surface area contributed by atoms with Crippen LogP contribution in [0.1, 0.15) is 56.3 Å². The van der Waals surface area contributed by atoms with Gasteiger partial charge in [0.25, 0.3) is 11.5 Å². The molecule has 1 N–H and O–H groups in total. The zero-order valence-corrected chi connectivity index (χ0v) is 25.7. The molecule has 1 atom stereocenters. The van der Waals surface area contributed by atoms with E-state index in [-0.39, 0.29) is 11.5 Å². The van der Waals surface area contributed by atoms with E-state index < -0.39 is 6.04 Å². The molecule has 1 amide bonds. The standard InChI is InChI=1S/C33H32ClN3O4S/c1-6-41-26-17-21(16-25(34)30(26)40-5)18-27-32(39)37-29(23-14-12-22(13-15-23)19(2)3)28(20(4)35-33(37)42-27)31(38)36-24-10-8-7-9-11-24/h7-19,29H,6H2,1-5H3,(H,36,38)/b27-18-/t29-/m0/s1. The maximum atomic E-state index is 14.1. The minimum Gasteiger partial charge on any atom is -0.491 e. The lowest BCUT2D eigenvalue weighted by Gasteiger charge is -2.25. The lowest BCUT2D eigenvalue weighted by molar-refractivity contribution is -0.113.